The summed E-state index contributed by atoms with van der Waals surface area (Å²) in [4.78, 5) is 2.39. The lowest BCUT2D eigenvalue weighted by atomic mass is 10.0. The van der Waals surface area contributed by atoms with Crippen LogP contribution in [0, 0.1) is 0 Å². The summed E-state index contributed by atoms with van der Waals surface area (Å²) in [5.74, 6) is 1.46. The van der Waals surface area contributed by atoms with Crippen LogP contribution in [0.5, 0.6) is 11.5 Å². The van der Waals surface area contributed by atoms with Crippen molar-refractivity contribution in [3.05, 3.63) is 60.2 Å². The van der Waals surface area contributed by atoms with Crippen molar-refractivity contribution in [1.29, 1.82) is 0 Å². The lowest BCUT2D eigenvalue weighted by molar-refractivity contribution is 0.412. The van der Waals surface area contributed by atoms with Crippen LogP contribution in [0.3, 0.4) is 0 Å². The van der Waals surface area contributed by atoms with Crippen molar-refractivity contribution in [3.8, 4) is 11.5 Å². The van der Waals surface area contributed by atoms with Gasteiger partial charge in [0.05, 0.1) is 24.8 Å². The smallest absolute Gasteiger partial charge is 0.240 e. The van der Waals surface area contributed by atoms with Crippen LogP contribution in [-0.4, -0.2) is 55.4 Å². The summed E-state index contributed by atoms with van der Waals surface area (Å²) < 4.78 is 39.6. The zero-order valence-corrected chi connectivity index (χ0v) is 19.2. The van der Waals surface area contributed by atoms with E-state index in [2.05, 4.69) is 14.9 Å². The standard InChI is InChI=1S/C24H29N3O4S/c1-30-20-7-6-18-4-3-5-19(22(18)16-20)10-11-26-32(28,29)21-8-9-24(31-2)23(17-21)27-14-12-25-13-15-27/h3-9,16-17,25-26H,10-15H2,1-2H3. The summed E-state index contributed by atoms with van der Waals surface area (Å²) in [7, 11) is -0.411. The number of ether oxygens (including phenoxy) is 2. The molecule has 170 valence electrons. The Morgan fingerprint density at radius 1 is 1.00 bits per heavy atom. The minimum absolute atomic E-state index is 0.242. The number of sulfonamides is 1. The molecule has 1 saturated heterocycles. The summed E-state index contributed by atoms with van der Waals surface area (Å²) in [6, 6.07) is 17.0. The Hall–Kier alpha value is -2.81. The van der Waals surface area contributed by atoms with Gasteiger partial charge in [-0.05, 0) is 53.1 Å². The second-order valence-electron chi connectivity index (χ2n) is 7.72. The maximum absolute atomic E-state index is 13.0. The van der Waals surface area contributed by atoms with Gasteiger partial charge in [-0.15, -0.1) is 0 Å². The highest BCUT2D eigenvalue weighted by atomic mass is 32.2. The Bertz CT molecular complexity index is 1190. The average molecular weight is 456 g/mol. The van der Waals surface area contributed by atoms with E-state index in [1.807, 2.05) is 36.4 Å². The number of rotatable bonds is 8. The summed E-state index contributed by atoms with van der Waals surface area (Å²) >= 11 is 0. The molecule has 7 nitrogen and oxygen atoms in total. The average Bonchev–Trinajstić information content (AvgIpc) is 2.84. The second kappa shape index (κ2) is 9.77. The monoisotopic (exact) mass is 455 g/mol. The highest BCUT2D eigenvalue weighted by Gasteiger charge is 2.20. The van der Waals surface area contributed by atoms with Crippen molar-refractivity contribution < 1.29 is 17.9 Å². The molecule has 4 rings (SSSR count). The van der Waals surface area contributed by atoms with Crippen LogP contribution in [-0.2, 0) is 16.4 Å². The Kier molecular flexibility index (Phi) is 6.83. The van der Waals surface area contributed by atoms with Crippen molar-refractivity contribution in [2.75, 3.05) is 51.8 Å². The van der Waals surface area contributed by atoms with Crippen molar-refractivity contribution >= 4 is 26.5 Å². The van der Waals surface area contributed by atoms with Gasteiger partial charge in [0.2, 0.25) is 10.0 Å². The Morgan fingerprint density at radius 2 is 1.81 bits per heavy atom. The van der Waals surface area contributed by atoms with E-state index in [0.29, 0.717) is 18.7 Å². The molecule has 1 aliphatic heterocycles. The molecule has 0 unspecified atom stereocenters. The van der Waals surface area contributed by atoms with Crippen LogP contribution < -0.4 is 24.4 Å². The van der Waals surface area contributed by atoms with E-state index >= 15 is 0 Å². The van der Waals surface area contributed by atoms with Gasteiger partial charge in [0.1, 0.15) is 11.5 Å². The minimum atomic E-state index is -3.66. The third-order valence-corrected chi connectivity index (χ3v) is 7.24. The first-order valence-electron chi connectivity index (χ1n) is 10.7. The third kappa shape index (κ3) is 4.82. The summed E-state index contributed by atoms with van der Waals surface area (Å²) in [6.45, 7) is 3.62. The fourth-order valence-electron chi connectivity index (χ4n) is 4.05. The number of fused-ring (bicyclic) bond motifs is 1. The largest absolute Gasteiger partial charge is 0.497 e. The van der Waals surface area contributed by atoms with Crippen molar-refractivity contribution in [3.63, 3.8) is 0 Å². The van der Waals surface area contributed by atoms with Crippen LogP contribution >= 0.6 is 0 Å². The number of piperazine rings is 1. The molecule has 1 fully saturated rings. The van der Waals surface area contributed by atoms with Crippen LogP contribution in [0.25, 0.3) is 10.8 Å². The van der Waals surface area contributed by atoms with Gasteiger partial charge in [-0.25, -0.2) is 13.1 Å². The Morgan fingerprint density at radius 3 is 2.56 bits per heavy atom. The molecule has 0 atom stereocenters. The van der Waals surface area contributed by atoms with E-state index in [9.17, 15) is 8.42 Å². The highest BCUT2D eigenvalue weighted by Crippen LogP contribution is 2.31. The molecular formula is C24H29N3O4S. The summed E-state index contributed by atoms with van der Waals surface area (Å²) in [6.07, 6.45) is 0.574. The number of anilines is 1. The molecule has 0 amide bonds. The Labute approximate surface area is 189 Å². The highest BCUT2D eigenvalue weighted by molar-refractivity contribution is 7.89. The summed E-state index contributed by atoms with van der Waals surface area (Å²) in [5, 5.41) is 5.47. The van der Waals surface area contributed by atoms with Gasteiger partial charge < -0.3 is 19.7 Å². The van der Waals surface area contributed by atoms with E-state index < -0.39 is 10.0 Å². The Balaban J connectivity index is 1.51. The summed E-state index contributed by atoms with van der Waals surface area (Å²) in [5.41, 5.74) is 1.87. The first-order valence-corrected chi connectivity index (χ1v) is 12.2. The molecule has 0 spiro atoms. The van der Waals surface area contributed by atoms with Gasteiger partial charge in [0.15, 0.2) is 0 Å². The van der Waals surface area contributed by atoms with Crippen LogP contribution in [0.2, 0.25) is 0 Å². The normalized spacial score (nSPS) is 14.5. The molecule has 0 radical (unpaired) electrons. The van der Waals surface area contributed by atoms with Crippen LogP contribution in [0.4, 0.5) is 5.69 Å². The fraction of sp³-hybridized carbons (Fsp3) is 0.333. The minimum Gasteiger partial charge on any atom is -0.497 e. The van der Waals surface area contributed by atoms with Gasteiger partial charge in [0.25, 0.3) is 0 Å². The van der Waals surface area contributed by atoms with Gasteiger partial charge in [-0.2, -0.15) is 0 Å². The number of nitrogens with one attached hydrogen (secondary N) is 2. The molecule has 1 aliphatic rings. The van der Waals surface area contributed by atoms with Gasteiger partial charge in [0, 0.05) is 32.7 Å². The first-order chi connectivity index (χ1) is 15.5. The molecule has 32 heavy (non-hydrogen) atoms. The number of nitrogens with zero attached hydrogens (tertiary/aromatic N) is 1. The molecule has 1 heterocycles. The second-order valence-corrected chi connectivity index (χ2v) is 9.49. The van der Waals surface area contributed by atoms with E-state index in [1.54, 1.807) is 32.4 Å². The van der Waals surface area contributed by atoms with Crippen molar-refractivity contribution in [2.24, 2.45) is 0 Å². The maximum atomic E-state index is 13.0. The third-order valence-electron chi connectivity index (χ3n) is 5.78. The molecule has 2 N–H and O–H groups in total. The molecule has 8 heteroatoms. The molecule has 3 aromatic carbocycles. The van der Waals surface area contributed by atoms with Crippen LogP contribution in [0.15, 0.2) is 59.5 Å². The molecular weight excluding hydrogens is 426 g/mol. The van der Waals surface area contributed by atoms with Gasteiger partial charge in [-0.1, -0.05) is 24.3 Å². The molecule has 0 aromatic heterocycles. The quantitative estimate of drug-likeness (QED) is 0.544. The lowest BCUT2D eigenvalue weighted by Gasteiger charge is -2.30. The predicted molar refractivity (Wildman–Crippen MR) is 127 cm³/mol. The number of methoxy groups -OCH3 is 2. The number of benzene rings is 3. The van der Waals surface area contributed by atoms with Gasteiger partial charge >= 0.3 is 0 Å². The van der Waals surface area contributed by atoms with Gasteiger partial charge in [-0.3, -0.25) is 0 Å². The molecule has 3 aromatic rings. The predicted octanol–water partition coefficient (Wildman–Crippen LogP) is 2.79. The number of hydrogen-bond donors (Lipinski definition) is 2. The van der Waals surface area contributed by atoms with E-state index in [-0.39, 0.29) is 4.90 Å². The maximum Gasteiger partial charge on any atom is 0.240 e. The van der Waals surface area contributed by atoms with E-state index in [4.69, 9.17) is 9.47 Å². The SMILES string of the molecule is COc1ccc2cccc(CCNS(=O)(=O)c3ccc(OC)c(N4CCNCC4)c3)c2c1. The van der Waals surface area contributed by atoms with Crippen LogP contribution in [0.1, 0.15) is 5.56 Å². The lowest BCUT2D eigenvalue weighted by Crippen LogP contribution is -2.43. The molecule has 0 bridgehead atoms. The fourth-order valence-corrected chi connectivity index (χ4v) is 5.11. The molecule has 0 aliphatic carbocycles. The molecule has 0 saturated carbocycles. The zero-order chi connectivity index (χ0) is 22.6. The topological polar surface area (TPSA) is 79.9 Å². The van der Waals surface area contributed by atoms with E-state index in [0.717, 1.165) is 54.0 Å². The first kappa shape index (κ1) is 22.4. The van der Waals surface area contributed by atoms with Crippen molar-refractivity contribution in [2.45, 2.75) is 11.3 Å². The van der Waals surface area contributed by atoms with E-state index in [1.165, 1.54) is 0 Å². The number of hydrogen-bond acceptors (Lipinski definition) is 6. The van der Waals surface area contributed by atoms with Crippen molar-refractivity contribution in [1.82, 2.24) is 10.0 Å². The zero-order valence-electron chi connectivity index (χ0n) is 18.4.